The van der Waals surface area contributed by atoms with Gasteiger partial charge in [0.1, 0.15) is 5.75 Å². The molecule has 1 aromatic carbocycles. The van der Waals surface area contributed by atoms with E-state index in [0.717, 1.165) is 18.8 Å². The monoisotopic (exact) mass is 221 g/mol. The normalized spacial score (nSPS) is 12.8. The summed E-state index contributed by atoms with van der Waals surface area (Å²) in [6, 6.07) is 8.32. The van der Waals surface area contributed by atoms with Gasteiger partial charge in [-0.05, 0) is 36.1 Å². The van der Waals surface area contributed by atoms with Gasteiger partial charge in [0.2, 0.25) is 0 Å². The molecule has 16 heavy (non-hydrogen) atoms. The van der Waals surface area contributed by atoms with Gasteiger partial charge in [-0.2, -0.15) is 0 Å². The van der Waals surface area contributed by atoms with Gasteiger partial charge in [-0.3, -0.25) is 0 Å². The molecule has 90 valence electrons. The van der Waals surface area contributed by atoms with Gasteiger partial charge in [0.25, 0.3) is 0 Å². The molecule has 0 amide bonds. The number of ether oxygens (including phenoxy) is 1. The molecule has 1 rings (SSSR count). The topological polar surface area (TPSA) is 21.3 Å². The van der Waals surface area contributed by atoms with Crippen molar-refractivity contribution in [1.82, 2.24) is 5.32 Å². The average molecular weight is 221 g/mol. The van der Waals surface area contributed by atoms with Crippen LogP contribution in [0.2, 0.25) is 0 Å². The number of rotatable bonds is 6. The summed E-state index contributed by atoms with van der Waals surface area (Å²) in [5.41, 5.74) is 1.36. The molecule has 0 radical (unpaired) electrons. The fourth-order valence-electron chi connectivity index (χ4n) is 1.64. The molecule has 0 fully saturated rings. The second kappa shape index (κ2) is 6.54. The molecule has 1 atom stereocenters. The van der Waals surface area contributed by atoms with Crippen LogP contribution in [0.3, 0.4) is 0 Å². The average Bonchev–Trinajstić information content (AvgIpc) is 2.28. The molecule has 0 bridgehead atoms. The number of hydrogen-bond acceptors (Lipinski definition) is 2. The Morgan fingerprint density at radius 2 is 1.69 bits per heavy atom. The predicted octanol–water partition coefficient (Wildman–Crippen LogP) is 3.04. The molecule has 1 N–H and O–H groups in total. The fraction of sp³-hybridized carbons (Fsp3) is 0.571. The van der Waals surface area contributed by atoms with E-state index in [9.17, 15) is 0 Å². The Bertz CT molecular complexity index is 292. The van der Waals surface area contributed by atoms with Crippen molar-refractivity contribution in [3.63, 3.8) is 0 Å². The van der Waals surface area contributed by atoms with E-state index in [1.807, 2.05) is 12.1 Å². The van der Waals surface area contributed by atoms with Gasteiger partial charge in [0.15, 0.2) is 0 Å². The molecular weight excluding hydrogens is 198 g/mol. The third kappa shape index (κ3) is 4.23. The Hall–Kier alpha value is -1.02. The van der Waals surface area contributed by atoms with Crippen LogP contribution in [0.4, 0.5) is 0 Å². The largest absolute Gasteiger partial charge is 0.497 e. The Labute approximate surface area is 99.0 Å². The summed E-state index contributed by atoms with van der Waals surface area (Å²) in [7, 11) is 1.70. The summed E-state index contributed by atoms with van der Waals surface area (Å²) < 4.78 is 5.15. The van der Waals surface area contributed by atoms with Gasteiger partial charge in [0.05, 0.1) is 7.11 Å². The molecule has 0 saturated heterocycles. The van der Waals surface area contributed by atoms with Gasteiger partial charge in [-0.25, -0.2) is 0 Å². The molecular formula is C14H23NO. The summed E-state index contributed by atoms with van der Waals surface area (Å²) in [5, 5.41) is 3.48. The zero-order valence-corrected chi connectivity index (χ0v) is 10.8. The summed E-state index contributed by atoms with van der Waals surface area (Å²) in [5.74, 6) is 2.18. The van der Waals surface area contributed by atoms with E-state index in [2.05, 4.69) is 38.2 Å². The van der Waals surface area contributed by atoms with Crippen LogP contribution in [0.25, 0.3) is 0 Å². The van der Waals surface area contributed by atoms with Crippen molar-refractivity contribution in [2.45, 2.75) is 26.7 Å². The minimum absolute atomic E-state index is 0.546. The van der Waals surface area contributed by atoms with E-state index in [1.165, 1.54) is 5.56 Å². The Morgan fingerprint density at radius 3 is 2.19 bits per heavy atom. The predicted molar refractivity (Wildman–Crippen MR) is 69.1 cm³/mol. The minimum atomic E-state index is 0.546. The quantitative estimate of drug-likeness (QED) is 0.797. The molecule has 0 heterocycles. The minimum Gasteiger partial charge on any atom is -0.497 e. The van der Waals surface area contributed by atoms with Crippen molar-refractivity contribution in [1.29, 1.82) is 0 Å². The highest BCUT2D eigenvalue weighted by atomic mass is 16.5. The summed E-state index contributed by atoms with van der Waals surface area (Å²) in [4.78, 5) is 0. The standard InChI is InChI=1S/C14H23NO/c1-11(2)9-15-10-12(3)13-5-7-14(16-4)8-6-13/h5-8,11-12,15H,9-10H2,1-4H3. The van der Waals surface area contributed by atoms with Crippen LogP contribution in [-0.4, -0.2) is 20.2 Å². The lowest BCUT2D eigenvalue weighted by Crippen LogP contribution is -2.24. The fourth-order valence-corrected chi connectivity index (χ4v) is 1.64. The van der Waals surface area contributed by atoms with Crippen molar-refractivity contribution in [2.75, 3.05) is 20.2 Å². The van der Waals surface area contributed by atoms with Crippen molar-refractivity contribution in [2.24, 2.45) is 5.92 Å². The highest BCUT2D eigenvalue weighted by Gasteiger charge is 2.05. The maximum atomic E-state index is 5.15. The van der Waals surface area contributed by atoms with Crippen molar-refractivity contribution in [3.05, 3.63) is 29.8 Å². The van der Waals surface area contributed by atoms with Crippen LogP contribution in [0, 0.1) is 5.92 Å². The van der Waals surface area contributed by atoms with Gasteiger partial charge in [-0.1, -0.05) is 32.9 Å². The van der Waals surface area contributed by atoms with Crippen molar-refractivity contribution >= 4 is 0 Å². The summed E-state index contributed by atoms with van der Waals surface area (Å²) in [6.07, 6.45) is 0. The highest BCUT2D eigenvalue weighted by molar-refractivity contribution is 5.29. The van der Waals surface area contributed by atoms with E-state index in [4.69, 9.17) is 4.74 Å². The lowest BCUT2D eigenvalue weighted by atomic mass is 10.0. The molecule has 0 aromatic heterocycles. The molecule has 2 heteroatoms. The van der Waals surface area contributed by atoms with E-state index < -0.39 is 0 Å². The molecule has 0 spiro atoms. The number of benzene rings is 1. The van der Waals surface area contributed by atoms with Crippen molar-refractivity contribution < 1.29 is 4.74 Å². The number of hydrogen-bond donors (Lipinski definition) is 1. The molecule has 1 unspecified atom stereocenters. The van der Waals surface area contributed by atoms with Crippen LogP contribution < -0.4 is 10.1 Å². The lowest BCUT2D eigenvalue weighted by Gasteiger charge is -2.14. The highest BCUT2D eigenvalue weighted by Crippen LogP contribution is 2.18. The second-order valence-corrected chi connectivity index (χ2v) is 4.73. The SMILES string of the molecule is COc1ccc(C(C)CNCC(C)C)cc1. The molecule has 0 aliphatic heterocycles. The number of methoxy groups -OCH3 is 1. The van der Waals surface area contributed by atoms with Crippen molar-refractivity contribution in [3.8, 4) is 5.75 Å². The summed E-state index contributed by atoms with van der Waals surface area (Å²) >= 11 is 0. The second-order valence-electron chi connectivity index (χ2n) is 4.73. The first-order valence-electron chi connectivity index (χ1n) is 5.98. The van der Waals surface area contributed by atoms with E-state index >= 15 is 0 Å². The van der Waals surface area contributed by atoms with Gasteiger partial charge in [-0.15, -0.1) is 0 Å². The Kier molecular flexibility index (Phi) is 5.33. The first-order valence-corrected chi connectivity index (χ1v) is 5.98. The lowest BCUT2D eigenvalue weighted by molar-refractivity contribution is 0.414. The van der Waals surface area contributed by atoms with Gasteiger partial charge < -0.3 is 10.1 Å². The maximum absolute atomic E-state index is 5.15. The Balaban J connectivity index is 2.43. The number of nitrogens with one attached hydrogen (secondary N) is 1. The van der Waals surface area contributed by atoms with E-state index in [0.29, 0.717) is 11.8 Å². The van der Waals surface area contributed by atoms with E-state index in [-0.39, 0.29) is 0 Å². The summed E-state index contributed by atoms with van der Waals surface area (Å²) in [6.45, 7) is 8.82. The van der Waals surface area contributed by atoms with E-state index in [1.54, 1.807) is 7.11 Å². The molecule has 2 nitrogen and oxygen atoms in total. The molecule has 0 saturated carbocycles. The van der Waals surface area contributed by atoms with Gasteiger partial charge >= 0.3 is 0 Å². The third-order valence-electron chi connectivity index (χ3n) is 2.69. The van der Waals surface area contributed by atoms with Crippen LogP contribution in [0.5, 0.6) is 5.75 Å². The smallest absolute Gasteiger partial charge is 0.118 e. The van der Waals surface area contributed by atoms with Crippen LogP contribution in [0.15, 0.2) is 24.3 Å². The molecule has 1 aromatic rings. The van der Waals surface area contributed by atoms with Crippen LogP contribution in [0.1, 0.15) is 32.3 Å². The Morgan fingerprint density at radius 1 is 1.06 bits per heavy atom. The maximum Gasteiger partial charge on any atom is 0.118 e. The first-order chi connectivity index (χ1) is 7.63. The zero-order valence-electron chi connectivity index (χ0n) is 10.8. The molecule has 0 aliphatic rings. The molecule has 0 aliphatic carbocycles. The first kappa shape index (κ1) is 13.0. The van der Waals surface area contributed by atoms with Gasteiger partial charge in [0, 0.05) is 6.54 Å². The third-order valence-corrected chi connectivity index (χ3v) is 2.69. The zero-order chi connectivity index (χ0) is 12.0. The van der Waals surface area contributed by atoms with Crippen LogP contribution in [-0.2, 0) is 0 Å². The van der Waals surface area contributed by atoms with Crippen LogP contribution >= 0.6 is 0 Å².